The molecule has 6 heteroatoms. The third-order valence-corrected chi connectivity index (χ3v) is 6.17. The lowest BCUT2D eigenvalue weighted by Crippen LogP contribution is -2.21. The molecule has 0 aliphatic carbocycles. The topological polar surface area (TPSA) is 65.6 Å². The number of nitrogens with zero attached hydrogens (tertiary/aromatic N) is 5. The zero-order chi connectivity index (χ0) is 23.4. The van der Waals surface area contributed by atoms with Gasteiger partial charge < -0.3 is 0 Å². The van der Waals surface area contributed by atoms with Crippen molar-refractivity contribution in [3.8, 4) is 5.69 Å². The van der Waals surface area contributed by atoms with Gasteiger partial charge in [-0.25, -0.2) is 15.0 Å². The molecule has 0 aliphatic rings. The van der Waals surface area contributed by atoms with Crippen LogP contribution in [0.5, 0.6) is 0 Å². The van der Waals surface area contributed by atoms with Gasteiger partial charge in [-0.15, -0.1) is 0 Å². The average molecular weight is 446 g/mol. The van der Waals surface area contributed by atoms with Gasteiger partial charge in [-0.05, 0) is 61.7 Å². The molecule has 3 aromatic heterocycles. The molecule has 6 aromatic rings. The van der Waals surface area contributed by atoms with E-state index in [2.05, 4.69) is 51.1 Å². The van der Waals surface area contributed by atoms with E-state index in [4.69, 9.17) is 15.0 Å². The molecule has 34 heavy (non-hydrogen) atoms. The third kappa shape index (κ3) is 3.27. The zero-order valence-electron chi connectivity index (χ0n) is 19.3. The largest absolute Gasteiger partial charge is 0.294 e. The molecule has 0 unspecified atom stereocenters. The molecule has 0 spiro atoms. The lowest BCUT2D eigenvalue weighted by atomic mass is 10.1. The van der Waals surface area contributed by atoms with E-state index in [1.54, 1.807) is 10.9 Å². The van der Waals surface area contributed by atoms with Crippen LogP contribution in [0.15, 0.2) is 77.9 Å². The summed E-state index contributed by atoms with van der Waals surface area (Å²) in [5, 5.41) is 0.488. The van der Waals surface area contributed by atoms with E-state index >= 15 is 0 Å². The van der Waals surface area contributed by atoms with Crippen LogP contribution >= 0.6 is 0 Å². The second kappa shape index (κ2) is 7.63. The van der Waals surface area contributed by atoms with Crippen molar-refractivity contribution in [2.75, 3.05) is 0 Å². The number of benzene rings is 3. The van der Waals surface area contributed by atoms with Gasteiger partial charge in [0.1, 0.15) is 17.2 Å². The Morgan fingerprint density at radius 1 is 0.765 bits per heavy atom. The molecule has 0 radical (unpaired) electrons. The fourth-order valence-electron chi connectivity index (χ4n) is 4.60. The summed E-state index contributed by atoms with van der Waals surface area (Å²) in [6, 6.07) is 22.2. The van der Waals surface area contributed by atoms with Crippen LogP contribution in [0.1, 0.15) is 22.3 Å². The van der Waals surface area contributed by atoms with Crippen molar-refractivity contribution in [2.24, 2.45) is 0 Å². The maximum Gasteiger partial charge on any atom is 0.265 e. The minimum atomic E-state index is -0.122. The van der Waals surface area contributed by atoms with Crippen LogP contribution < -0.4 is 5.56 Å². The van der Waals surface area contributed by atoms with Crippen molar-refractivity contribution in [3.63, 3.8) is 0 Å². The van der Waals surface area contributed by atoms with E-state index in [0.717, 1.165) is 33.4 Å². The summed E-state index contributed by atoms with van der Waals surface area (Å²) in [6.07, 6.45) is 1.63. The van der Waals surface area contributed by atoms with Gasteiger partial charge in [-0.2, -0.15) is 0 Å². The van der Waals surface area contributed by atoms with E-state index < -0.39 is 0 Å². The Labute approximate surface area is 196 Å². The first kappa shape index (κ1) is 20.3. The Morgan fingerprint density at radius 2 is 1.44 bits per heavy atom. The van der Waals surface area contributed by atoms with Crippen molar-refractivity contribution in [1.82, 2.24) is 24.1 Å². The Kier molecular flexibility index (Phi) is 4.55. The van der Waals surface area contributed by atoms with Gasteiger partial charge in [0.05, 0.1) is 17.6 Å². The molecule has 0 fully saturated rings. The van der Waals surface area contributed by atoms with Crippen LogP contribution in [0.4, 0.5) is 0 Å². The van der Waals surface area contributed by atoms with Crippen LogP contribution in [0.3, 0.4) is 0 Å². The lowest BCUT2D eigenvalue weighted by Gasteiger charge is -2.10. The quantitative estimate of drug-likeness (QED) is 0.373. The third-order valence-electron chi connectivity index (χ3n) is 6.17. The summed E-state index contributed by atoms with van der Waals surface area (Å²) in [6.45, 7) is 6.62. The highest BCUT2D eigenvalue weighted by Gasteiger charge is 2.21. The van der Waals surface area contributed by atoms with Gasteiger partial charge in [-0.3, -0.25) is 13.9 Å². The Bertz CT molecular complexity index is 1760. The normalized spacial score (nSPS) is 11.6. The monoisotopic (exact) mass is 445 g/mol. The lowest BCUT2D eigenvalue weighted by molar-refractivity contribution is 0.746. The molecule has 0 saturated heterocycles. The summed E-state index contributed by atoms with van der Waals surface area (Å²) >= 11 is 0. The molecule has 3 aromatic carbocycles. The van der Waals surface area contributed by atoms with Crippen molar-refractivity contribution >= 4 is 33.2 Å². The Hall–Kier alpha value is -4.32. The highest BCUT2D eigenvalue weighted by Crippen LogP contribution is 2.29. The molecule has 0 N–H and O–H groups in total. The fraction of sp³-hybridized carbons (Fsp3) is 0.143. The van der Waals surface area contributed by atoms with Gasteiger partial charge in [0.15, 0.2) is 11.3 Å². The van der Waals surface area contributed by atoms with Gasteiger partial charge in [-0.1, -0.05) is 48.0 Å². The summed E-state index contributed by atoms with van der Waals surface area (Å²) in [5.74, 6) is 0. The first-order valence-corrected chi connectivity index (χ1v) is 11.3. The van der Waals surface area contributed by atoms with E-state index in [-0.39, 0.29) is 5.56 Å². The molecule has 6 rings (SSSR count). The summed E-state index contributed by atoms with van der Waals surface area (Å²) in [5.41, 5.74) is 8.60. The molecule has 3 heterocycles. The minimum absolute atomic E-state index is 0.122. The molecular weight excluding hydrogens is 422 g/mol. The molecule has 0 bridgehead atoms. The maximum atomic E-state index is 13.8. The minimum Gasteiger partial charge on any atom is -0.294 e. The SMILES string of the molecule is Cc1ccc(Cn2cnc3c(c2=O)c2nc4ccccc4nc2n3-c2cc(C)cc(C)c2)cc1. The molecule has 0 aliphatic heterocycles. The van der Waals surface area contributed by atoms with E-state index in [9.17, 15) is 4.79 Å². The maximum absolute atomic E-state index is 13.8. The van der Waals surface area contributed by atoms with Crippen LogP contribution in [0, 0.1) is 20.8 Å². The number of hydrogen-bond acceptors (Lipinski definition) is 4. The number of para-hydroxylation sites is 2. The number of aromatic nitrogens is 5. The first-order chi connectivity index (χ1) is 16.5. The summed E-state index contributed by atoms with van der Waals surface area (Å²) < 4.78 is 3.61. The Balaban J connectivity index is 1.68. The van der Waals surface area contributed by atoms with E-state index in [0.29, 0.717) is 28.7 Å². The zero-order valence-corrected chi connectivity index (χ0v) is 19.3. The molecule has 0 amide bonds. The van der Waals surface area contributed by atoms with Gasteiger partial charge >= 0.3 is 0 Å². The predicted octanol–water partition coefficient (Wildman–Crippen LogP) is 5.26. The van der Waals surface area contributed by atoms with Gasteiger partial charge in [0, 0.05) is 5.69 Å². The van der Waals surface area contributed by atoms with Crippen molar-refractivity contribution in [1.29, 1.82) is 0 Å². The standard InChI is InChI=1S/C28H23N5O/c1-17-8-10-20(11-9-17)15-32-16-29-26-24(28(32)34)25-27(31-23-7-5-4-6-22(23)30-25)33(26)21-13-18(2)12-19(3)14-21/h4-14,16H,15H2,1-3H3. The molecule has 6 nitrogen and oxygen atoms in total. The van der Waals surface area contributed by atoms with Gasteiger partial charge in [0.2, 0.25) is 0 Å². The number of aryl methyl sites for hydroxylation is 3. The predicted molar refractivity (Wildman–Crippen MR) is 136 cm³/mol. The molecule has 0 atom stereocenters. The highest BCUT2D eigenvalue weighted by atomic mass is 16.1. The smallest absolute Gasteiger partial charge is 0.265 e. The highest BCUT2D eigenvalue weighted by molar-refractivity contribution is 6.05. The Morgan fingerprint density at radius 3 is 2.15 bits per heavy atom. The van der Waals surface area contributed by atoms with Crippen LogP contribution in [-0.2, 0) is 6.54 Å². The number of hydrogen-bond donors (Lipinski definition) is 0. The van der Waals surface area contributed by atoms with Crippen molar-refractivity contribution < 1.29 is 0 Å². The van der Waals surface area contributed by atoms with E-state index in [1.165, 1.54) is 5.56 Å². The van der Waals surface area contributed by atoms with Crippen molar-refractivity contribution in [3.05, 3.63) is 106 Å². The second-order valence-corrected chi connectivity index (χ2v) is 8.93. The van der Waals surface area contributed by atoms with Crippen LogP contribution in [0.2, 0.25) is 0 Å². The summed E-state index contributed by atoms with van der Waals surface area (Å²) in [4.78, 5) is 28.3. The van der Waals surface area contributed by atoms with Crippen LogP contribution in [-0.4, -0.2) is 24.1 Å². The number of rotatable bonds is 3. The fourth-order valence-corrected chi connectivity index (χ4v) is 4.60. The van der Waals surface area contributed by atoms with Crippen molar-refractivity contribution in [2.45, 2.75) is 27.3 Å². The summed E-state index contributed by atoms with van der Waals surface area (Å²) in [7, 11) is 0. The second-order valence-electron chi connectivity index (χ2n) is 8.93. The average Bonchev–Trinajstić information content (AvgIpc) is 3.14. The number of fused-ring (bicyclic) bond motifs is 4. The van der Waals surface area contributed by atoms with Gasteiger partial charge in [0.25, 0.3) is 5.56 Å². The molecular formula is C28H23N5O. The van der Waals surface area contributed by atoms with Crippen LogP contribution in [0.25, 0.3) is 38.9 Å². The molecule has 0 saturated carbocycles. The molecule has 166 valence electrons. The first-order valence-electron chi connectivity index (χ1n) is 11.3. The van der Waals surface area contributed by atoms with E-state index in [1.807, 2.05) is 41.0 Å².